The molecule has 0 unspecified atom stereocenters. The Labute approximate surface area is 89.9 Å². The van der Waals surface area contributed by atoms with E-state index in [9.17, 15) is 0 Å². The molecule has 1 rings (SSSR count). The summed E-state index contributed by atoms with van der Waals surface area (Å²) in [5.41, 5.74) is 3.03. The van der Waals surface area contributed by atoms with E-state index in [1.165, 1.54) is 0 Å². The Morgan fingerprint density at radius 2 is 1.67 bits per heavy atom. The highest BCUT2D eigenvalue weighted by Gasteiger charge is 2.15. The van der Waals surface area contributed by atoms with E-state index in [-0.39, 0.29) is 0 Å². The molecule has 4 heteroatoms. The minimum atomic E-state index is 0.311. The highest BCUT2D eigenvalue weighted by molar-refractivity contribution is 5.54. The number of nitrogens with two attached hydrogens (primary N) is 1. The molecule has 0 heterocycles. The van der Waals surface area contributed by atoms with Crippen molar-refractivity contribution in [2.75, 3.05) is 14.2 Å². The van der Waals surface area contributed by atoms with Crippen LogP contribution in [0, 0.1) is 13.8 Å². The highest BCUT2D eigenvalue weighted by atomic mass is 16.6. The van der Waals surface area contributed by atoms with E-state index in [1.54, 1.807) is 14.2 Å². The van der Waals surface area contributed by atoms with Crippen LogP contribution in [-0.4, -0.2) is 14.2 Å². The molecule has 0 atom stereocenters. The van der Waals surface area contributed by atoms with Crippen LogP contribution in [0.25, 0.3) is 0 Å². The molecule has 0 aliphatic carbocycles. The van der Waals surface area contributed by atoms with Gasteiger partial charge in [-0.2, -0.15) is 0 Å². The van der Waals surface area contributed by atoms with Gasteiger partial charge >= 0.3 is 0 Å². The zero-order chi connectivity index (χ0) is 11.4. The number of aryl methyl sites for hydroxylation is 2. The van der Waals surface area contributed by atoms with Crippen molar-refractivity contribution in [2.24, 2.45) is 5.90 Å². The number of ether oxygens (including phenoxy) is 2. The summed E-state index contributed by atoms with van der Waals surface area (Å²) in [5.74, 6) is 6.51. The topological polar surface area (TPSA) is 53.7 Å². The standard InChI is InChI=1S/C11H17NO3/c1-7-5-8(2)10(13-3)11(14-4)9(7)6-15-12/h5H,6,12H2,1-4H3. The van der Waals surface area contributed by atoms with Crippen molar-refractivity contribution in [3.63, 3.8) is 0 Å². The van der Waals surface area contributed by atoms with E-state index >= 15 is 0 Å². The number of rotatable bonds is 4. The molecular weight excluding hydrogens is 194 g/mol. The lowest BCUT2D eigenvalue weighted by Gasteiger charge is -2.16. The molecule has 15 heavy (non-hydrogen) atoms. The molecule has 1 aromatic rings. The summed E-state index contributed by atoms with van der Waals surface area (Å²) in [6.45, 7) is 4.27. The van der Waals surface area contributed by atoms with Gasteiger partial charge < -0.3 is 9.47 Å². The van der Waals surface area contributed by atoms with Gasteiger partial charge in [0.25, 0.3) is 0 Å². The van der Waals surface area contributed by atoms with Crippen LogP contribution in [0.2, 0.25) is 0 Å². The van der Waals surface area contributed by atoms with Gasteiger partial charge in [-0.25, -0.2) is 5.90 Å². The summed E-state index contributed by atoms with van der Waals surface area (Å²) >= 11 is 0. The van der Waals surface area contributed by atoms with E-state index < -0.39 is 0 Å². The van der Waals surface area contributed by atoms with Crippen molar-refractivity contribution in [1.82, 2.24) is 0 Å². The molecule has 0 saturated heterocycles. The van der Waals surface area contributed by atoms with Crippen molar-refractivity contribution in [3.05, 3.63) is 22.8 Å². The molecule has 0 radical (unpaired) electrons. The fourth-order valence-electron chi connectivity index (χ4n) is 1.70. The molecule has 0 amide bonds. The maximum Gasteiger partial charge on any atom is 0.166 e. The van der Waals surface area contributed by atoms with E-state index in [0.29, 0.717) is 12.4 Å². The molecule has 0 fully saturated rings. The van der Waals surface area contributed by atoms with Crippen molar-refractivity contribution in [2.45, 2.75) is 20.5 Å². The van der Waals surface area contributed by atoms with Gasteiger partial charge in [0.05, 0.1) is 20.8 Å². The van der Waals surface area contributed by atoms with E-state index in [0.717, 1.165) is 22.4 Å². The molecule has 1 aromatic carbocycles. The van der Waals surface area contributed by atoms with Crippen LogP contribution in [0.1, 0.15) is 16.7 Å². The summed E-state index contributed by atoms with van der Waals surface area (Å²) in [6.07, 6.45) is 0. The Morgan fingerprint density at radius 1 is 1.07 bits per heavy atom. The summed E-state index contributed by atoms with van der Waals surface area (Å²) in [5, 5.41) is 0. The van der Waals surface area contributed by atoms with E-state index in [2.05, 4.69) is 4.84 Å². The van der Waals surface area contributed by atoms with Crippen molar-refractivity contribution in [1.29, 1.82) is 0 Å². The summed E-state index contributed by atoms with van der Waals surface area (Å²) in [6, 6.07) is 2.02. The third-order valence-electron chi connectivity index (χ3n) is 2.38. The quantitative estimate of drug-likeness (QED) is 0.770. The maximum absolute atomic E-state index is 5.32. The average molecular weight is 211 g/mol. The first kappa shape index (κ1) is 11.8. The Balaban J connectivity index is 3.35. The van der Waals surface area contributed by atoms with Crippen LogP contribution < -0.4 is 15.4 Å². The molecule has 4 nitrogen and oxygen atoms in total. The van der Waals surface area contributed by atoms with Crippen LogP contribution in [0.3, 0.4) is 0 Å². The van der Waals surface area contributed by atoms with Gasteiger partial charge in [-0.3, -0.25) is 4.84 Å². The molecule has 0 aliphatic heterocycles. The third-order valence-corrected chi connectivity index (χ3v) is 2.38. The highest BCUT2D eigenvalue weighted by Crippen LogP contribution is 2.36. The average Bonchev–Trinajstić information content (AvgIpc) is 2.21. The molecule has 0 bridgehead atoms. The minimum absolute atomic E-state index is 0.311. The fraction of sp³-hybridized carbons (Fsp3) is 0.455. The molecule has 0 aromatic heterocycles. The molecule has 0 aliphatic rings. The maximum atomic E-state index is 5.32. The first-order valence-electron chi connectivity index (χ1n) is 4.68. The SMILES string of the molecule is COc1c(C)cc(C)c(CON)c1OC. The first-order chi connectivity index (χ1) is 7.15. The van der Waals surface area contributed by atoms with Gasteiger partial charge in [-0.15, -0.1) is 0 Å². The van der Waals surface area contributed by atoms with Gasteiger partial charge in [0, 0.05) is 5.56 Å². The lowest BCUT2D eigenvalue weighted by atomic mass is 10.0. The second kappa shape index (κ2) is 5.00. The number of methoxy groups -OCH3 is 2. The van der Waals surface area contributed by atoms with Gasteiger partial charge in [0.15, 0.2) is 11.5 Å². The Kier molecular flexibility index (Phi) is 3.94. The van der Waals surface area contributed by atoms with Gasteiger partial charge in [-0.05, 0) is 25.0 Å². The molecular formula is C11H17NO3. The van der Waals surface area contributed by atoms with Crippen molar-refractivity contribution in [3.8, 4) is 11.5 Å². The summed E-state index contributed by atoms with van der Waals surface area (Å²) < 4.78 is 10.6. The second-order valence-electron chi connectivity index (χ2n) is 3.37. The van der Waals surface area contributed by atoms with Gasteiger partial charge in [-0.1, -0.05) is 6.07 Å². The number of hydrogen-bond acceptors (Lipinski definition) is 4. The Bertz CT molecular complexity index is 350. The van der Waals surface area contributed by atoms with Crippen LogP contribution in [0.5, 0.6) is 11.5 Å². The number of hydrogen-bond donors (Lipinski definition) is 1. The van der Waals surface area contributed by atoms with E-state index in [4.69, 9.17) is 15.4 Å². The molecule has 84 valence electrons. The summed E-state index contributed by atoms with van der Waals surface area (Å²) in [4.78, 5) is 4.66. The fourth-order valence-corrected chi connectivity index (χ4v) is 1.70. The summed E-state index contributed by atoms with van der Waals surface area (Å²) in [7, 11) is 3.23. The monoisotopic (exact) mass is 211 g/mol. The molecule has 0 saturated carbocycles. The Hall–Kier alpha value is -1.26. The van der Waals surface area contributed by atoms with Crippen LogP contribution >= 0.6 is 0 Å². The second-order valence-corrected chi connectivity index (χ2v) is 3.37. The van der Waals surface area contributed by atoms with E-state index in [1.807, 2.05) is 19.9 Å². The van der Waals surface area contributed by atoms with Crippen LogP contribution in [-0.2, 0) is 11.4 Å². The minimum Gasteiger partial charge on any atom is -0.493 e. The molecule has 2 N–H and O–H groups in total. The smallest absolute Gasteiger partial charge is 0.166 e. The predicted molar refractivity (Wildman–Crippen MR) is 58.0 cm³/mol. The lowest BCUT2D eigenvalue weighted by Crippen LogP contribution is -2.05. The van der Waals surface area contributed by atoms with Crippen molar-refractivity contribution < 1.29 is 14.3 Å². The van der Waals surface area contributed by atoms with Crippen molar-refractivity contribution >= 4 is 0 Å². The first-order valence-corrected chi connectivity index (χ1v) is 4.68. The zero-order valence-electron chi connectivity index (χ0n) is 9.59. The van der Waals surface area contributed by atoms with Gasteiger partial charge in [0.2, 0.25) is 0 Å². The van der Waals surface area contributed by atoms with Crippen LogP contribution in [0.4, 0.5) is 0 Å². The lowest BCUT2D eigenvalue weighted by molar-refractivity contribution is 0.121. The largest absolute Gasteiger partial charge is 0.493 e. The van der Waals surface area contributed by atoms with Crippen LogP contribution in [0.15, 0.2) is 6.07 Å². The zero-order valence-corrected chi connectivity index (χ0v) is 9.59. The van der Waals surface area contributed by atoms with Gasteiger partial charge in [0.1, 0.15) is 0 Å². The molecule has 0 spiro atoms. The Morgan fingerprint density at radius 3 is 2.13 bits per heavy atom. The number of benzene rings is 1. The normalized spacial score (nSPS) is 10.2. The third kappa shape index (κ3) is 2.22. The predicted octanol–water partition coefficient (Wildman–Crippen LogP) is 1.71.